The van der Waals surface area contributed by atoms with Gasteiger partial charge in [-0.15, -0.1) is 0 Å². The lowest BCUT2D eigenvalue weighted by Crippen LogP contribution is -2.43. The van der Waals surface area contributed by atoms with E-state index in [-0.39, 0.29) is 12.5 Å². The molecule has 3 aromatic rings. The Bertz CT molecular complexity index is 952. The van der Waals surface area contributed by atoms with E-state index in [2.05, 4.69) is 5.32 Å². The smallest absolute Gasteiger partial charge is 0.328 e. The second-order valence-corrected chi connectivity index (χ2v) is 6.96. The quantitative estimate of drug-likeness (QED) is 0.597. The van der Waals surface area contributed by atoms with Crippen molar-refractivity contribution < 1.29 is 23.5 Å². The number of thioether (sulfide) groups is 1. The lowest BCUT2D eigenvalue weighted by molar-refractivity contribution is -0.145. The van der Waals surface area contributed by atoms with Crippen LogP contribution < -0.4 is 10.1 Å². The number of ether oxygens (including phenoxy) is 2. The van der Waals surface area contributed by atoms with Crippen molar-refractivity contribution in [1.82, 2.24) is 5.32 Å². The zero-order valence-corrected chi connectivity index (χ0v) is 16.0. The fraction of sp³-hybridized carbons (Fsp3) is 0.300. The maximum absolute atomic E-state index is 12.2. The third-order valence-electron chi connectivity index (χ3n) is 4.15. The van der Waals surface area contributed by atoms with E-state index in [0.717, 1.165) is 27.7 Å². The van der Waals surface area contributed by atoms with E-state index in [1.54, 1.807) is 17.8 Å². The van der Waals surface area contributed by atoms with Crippen LogP contribution in [0.2, 0.25) is 0 Å². The molecule has 1 heterocycles. The fourth-order valence-electron chi connectivity index (χ4n) is 2.81. The van der Waals surface area contributed by atoms with Gasteiger partial charge in [-0.1, -0.05) is 18.2 Å². The van der Waals surface area contributed by atoms with Crippen LogP contribution in [0.3, 0.4) is 0 Å². The van der Waals surface area contributed by atoms with Crippen LogP contribution in [0.25, 0.3) is 21.9 Å². The van der Waals surface area contributed by atoms with Crippen molar-refractivity contribution in [3.8, 4) is 5.75 Å². The highest BCUT2D eigenvalue weighted by atomic mass is 32.2. The summed E-state index contributed by atoms with van der Waals surface area (Å²) in [5.74, 6) is 0.473. The average molecular weight is 387 g/mol. The van der Waals surface area contributed by atoms with Crippen LogP contribution in [0.5, 0.6) is 5.75 Å². The Kier molecular flexibility index (Phi) is 6.24. The summed E-state index contributed by atoms with van der Waals surface area (Å²) in [4.78, 5) is 23.9. The highest BCUT2D eigenvalue weighted by molar-refractivity contribution is 7.98. The van der Waals surface area contributed by atoms with Crippen molar-refractivity contribution in [3.63, 3.8) is 0 Å². The van der Waals surface area contributed by atoms with Gasteiger partial charge in [-0.25, -0.2) is 4.79 Å². The Labute approximate surface area is 161 Å². The molecule has 0 aliphatic carbocycles. The Balaban J connectivity index is 1.65. The number of methoxy groups -OCH3 is 1. The Morgan fingerprint density at radius 1 is 1.15 bits per heavy atom. The van der Waals surface area contributed by atoms with E-state index in [4.69, 9.17) is 13.9 Å². The molecule has 1 amide bonds. The number of hydrogen-bond donors (Lipinski definition) is 1. The highest BCUT2D eigenvalue weighted by Gasteiger charge is 2.21. The number of para-hydroxylation sites is 1. The van der Waals surface area contributed by atoms with Gasteiger partial charge in [-0.05, 0) is 42.7 Å². The number of carbonyl (C=O) groups excluding carboxylic acids is 2. The number of esters is 1. The van der Waals surface area contributed by atoms with Gasteiger partial charge >= 0.3 is 5.97 Å². The predicted octanol–water partition coefficient (Wildman–Crippen LogP) is 3.38. The molecule has 0 fully saturated rings. The van der Waals surface area contributed by atoms with Crippen LogP contribution in [0.15, 0.2) is 46.9 Å². The van der Waals surface area contributed by atoms with Crippen molar-refractivity contribution in [2.75, 3.05) is 25.7 Å². The van der Waals surface area contributed by atoms with E-state index in [9.17, 15) is 9.59 Å². The zero-order valence-electron chi connectivity index (χ0n) is 15.2. The van der Waals surface area contributed by atoms with Crippen LogP contribution in [0.1, 0.15) is 6.42 Å². The molecule has 6 nitrogen and oxygen atoms in total. The van der Waals surface area contributed by atoms with Gasteiger partial charge in [0.2, 0.25) is 0 Å². The van der Waals surface area contributed by atoms with Gasteiger partial charge in [0.15, 0.2) is 6.61 Å². The second-order valence-electron chi connectivity index (χ2n) is 5.97. The number of furan rings is 1. The molecule has 1 N–H and O–H groups in total. The topological polar surface area (TPSA) is 77.8 Å². The number of nitrogens with one attached hydrogen (secondary N) is 1. The van der Waals surface area contributed by atoms with Crippen LogP contribution in [0, 0.1) is 0 Å². The largest absolute Gasteiger partial charge is 0.484 e. The summed E-state index contributed by atoms with van der Waals surface area (Å²) in [6, 6.07) is 12.5. The Hall–Kier alpha value is -2.67. The van der Waals surface area contributed by atoms with Crippen molar-refractivity contribution in [1.29, 1.82) is 0 Å². The minimum Gasteiger partial charge on any atom is -0.484 e. The summed E-state index contributed by atoms with van der Waals surface area (Å²) < 4.78 is 16.1. The van der Waals surface area contributed by atoms with Gasteiger partial charge in [0.25, 0.3) is 5.91 Å². The maximum Gasteiger partial charge on any atom is 0.328 e. The van der Waals surface area contributed by atoms with Crippen molar-refractivity contribution in [2.45, 2.75) is 12.5 Å². The molecule has 142 valence electrons. The molecule has 0 spiro atoms. The first-order valence-electron chi connectivity index (χ1n) is 8.52. The molecule has 0 radical (unpaired) electrons. The summed E-state index contributed by atoms with van der Waals surface area (Å²) >= 11 is 1.60. The number of rotatable bonds is 8. The molecule has 0 aliphatic rings. The minimum absolute atomic E-state index is 0.186. The van der Waals surface area contributed by atoms with Gasteiger partial charge < -0.3 is 19.2 Å². The summed E-state index contributed by atoms with van der Waals surface area (Å²) in [5, 5.41) is 4.58. The van der Waals surface area contributed by atoms with Crippen LogP contribution in [0.4, 0.5) is 0 Å². The molecule has 1 aromatic heterocycles. The number of carbonyl (C=O) groups is 2. The molecule has 1 atom stereocenters. The van der Waals surface area contributed by atoms with Crippen molar-refractivity contribution >= 4 is 45.6 Å². The van der Waals surface area contributed by atoms with Gasteiger partial charge in [-0.2, -0.15) is 11.8 Å². The van der Waals surface area contributed by atoms with E-state index in [1.807, 2.05) is 42.7 Å². The van der Waals surface area contributed by atoms with Crippen LogP contribution in [-0.2, 0) is 14.3 Å². The fourth-order valence-corrected chi connectivity index (χ4v) is 3.28. The lowest BCUT2D eigenvalue weighted by atomic mass is 10.1. The second kappa shape index (κ2) is 8.81. The third kappa shape index (κ3) is 4.54. The SMILES string of the molecule is COC(=O)[C@H](CCSC)NC(=O)COc1ccc2oc3ccccc3c2c1. The molecule has 3 rings (SSSR count). The van der Waals surface area contributed by atoms with Gasteiger partial charge in [-0.3, -0.25) is 4.79 Å². The number of fused-ring (bicyclic) bond motifs is 3. The van der Waals surface area contributed by atoms with Crippen molar-refractivity contribution in [2.24, 2.45) is 0 Å². The first kappa shape index (κ1) is 19.1. The molecule has 0 aliphatic heterocycles. The van der Waals surface area contributed by atoms with E-state index in [1.165, 1.54) is 7.11 Å². The van der Waals surface area contributed by atoms with E-state index >= 15 is 0 Å². The first-order valence-corrected chi connectivity index (χ1v) is 9.92. The zero-order chi connectivity index (χ0) is 19.2. The summed E-state index contributed by atoms with van der Waals surface area (Å²) in [6.07, 6.45) is 2.45. The molecular formula is C20H21NO5S. The summed E-state index contributed by atoms with van der Waals surface area (Å²) in [5.41, 5.74) is 1.56. The van der Waals surface area contributed by atoms with Gasteiger partial charge in [0, 0.05) is 10.8 Å². The maximum atomic E-state index is 12.2. The van der Waals surface area contributed by atoms with E-state index in [0.29, 0.717) is 12.2 Å². The summed E-state index contributed by atoms with van der Waals surface area (Å²) in [7, 11) is 1.31. The number of benzene rings is 2. The monoisotopic (exact) mass is 387 g/mol. The average Bonchev–Trinajstić information content (AvgIpc) is 3.07. The van der Waals surface area contributed by atoms with Gasteiger partial charge in [0.1, 0.15) is 23.0 Å². The van der Waals surface area contributed by atoms with E-state index < -0.39 is 12.0 Å². The molecule has 0 saturated heterocycles. The lowest BCUT2D eigenvalue weighted by Gasteiger charge is -2.16. The third-order valence-corrected chi connectivity index (χ3v) is 4.79. The molecule has 0 saturated carbocycles. The minimum atomic E-state index is -0.668. The van der Waals surface area contributed by atoms with Crippen LogP contribution in [-0.4, -0.2) is 43.6 Å². The Morgan fingerprint density at radius 3 is 2.70 bits per heavy atom. The highest BCUT2D eigenvalue weighted by Crippen LogP contribution is 2.31. The molecule has 27 heavy (non-hydrogen) atoms. The standard InChI is InChI=1S/C20H21NO5S/c1-24-20(23)16(9-10-27-2)21-19(22)12-25-13-7-8-18-15(11-13)14-5-3-4-6-17(14)26-18/h3-8,11,16H,9-10,12H2,1-2H3,(H,21,22)/t16-/m0/s1. The van der Waals surface area contributed by atoms with Crippen LogP contribution >= 0.6 is 11.8 Å². The molecule has 0 unspecified atom stereocenters. The number of hydrogen-bond acceptors (Lipinski definition) is 6. The summed E-state index contributed by atoms with van der Waals surface area (Å²) in [6.45, 7) is -0.186. The normalized spacial score (nSPS) is 12.1. The Morgan fingerprint density at radius 2 is 1.93 bits per heavy atom. The van der Waals surface area contributed by atoms with Crippen molar-refractivity contribution in [3.05, 3.63) is 42.5 Å². The van der Waals surface area contributed by atoms with Gasteiger partial charge in [0.05, 0.1) is 7.11 Å². The number of amides is 1. The molecule has 0 bridgehead atoms. The molecule has 7 heteroatoms. The predicted molar refractivity (Wildman–Crippen MR) is 106 cm³/mol. The molecular weight excluding hydrogens is 366 g/mol. The molecule has 2 aromatic carbocycles. The first-order chi connectivity index (χ1) is 13.1.